The molecule has 0 amide bonds. The second-order valence-corrected chi connectivity index (χ2v) is 8.11. The van der Waals surface area contributed by atoms with Gasteiger partial charge in [-0.15, -0.1) is 0 Å². The summed E-state index contributed by atoms with van der Waals surface area (Å²) in [6, 6.07) is 10.7. The summed E-state index contributed by atoms with van der Waals surface area (Å²) in [4.78, 5) is 0. The van der Waals surface area contributed by atoms with E-state index in [2.05, 4.69) is 36.9 Å². The highest BCUT2D eigenvalue weighted by atomic mass is 28.4. The Hall–Kier alpha value is -0.466. The van der Waals surface area contributed by atoms with E-state index in [1.54, 1.807) is 5.19 Å². The summed E-state index contributed by atoms with van der Waals surface area (Å²) in [5.74, 6) is 0. The lowest BCUT2D eigenvalue weighted by Crippen LogP contribution is -2.42. The lowest BCUT2D eigenvalue weighted by Gasteiger charge is -2.23. The Morgan fingerprint density at radius 2 is 1.32 bits per heavy atom. The van der Waals surface area contributed by atoms with Crippen molar-refractivity contribution in [3.63, 3.8) is 0 Å². The number of rotatable bonds is 7. The van der Waals surface area contributed by atoms with Gasteiger partial charge in [-0.05, 0) is 20.8 Å². The van der Waals surface area contributed by atoms with Crippen molar-refractivity contribution in [2.75, 3.05) is 19.8 Å². The van der Waals surface area contributed by atoms with E-state index in [1.807, 2.05) is 27.3 Å². The zero-order valence-corrected chi connectivity index (χ0v) is 15.4. The maximum Gasteiger partial charge on any atom is 0.497 e. The van der Waals surface area contributed by atoms with Crippen molar-refractivity contribution < 1.29 is 13.3 Å². The van der Waals surface area contributed by atoms with Gasteiger partial charge in [-0.2, -0.15) is 0 Å². The highest BCUT2D eigenvalue weighted by Crippen LogP contribution is 2.08. The molecule has 1 aromatic carbocycles. The predicted octanol–water partition coefficient (Wildman–Crippen LogP) is 2.19. The molecule has 0 fully saturated rings. The first kappa shape index (κ1) is 18.5. The molecular formula is C14H28O3Si2. The molecule has 0 atom stereocenters. The van der Waals surface area contributed by atoms with Crippen LogP contribution in [0.15, 0.2) is 30.3 Å². The molecule has 0 aromatic heterocycles. The molecule has 0 saturated heterocycles. The van der Waals surface area contributed by atoms with Gasteiger partial charge in [0, 0.05) is 26.4 Å². The molecule has 0 aliphatic rings. The molecule has 0 aliphatic heterocycles. The zero-order valence-electron chi connectivity index (χ0n) is 12.9. The number of hydrogen-bond donors (Lipinski definition) is 0. The largest absolute Gasteiger partial charge is 0.497 e. The molecule has 19 heavy (non-hydrogen) atoms. The maximum atomic E-state index is 5.40. The van der Waals surface area contributed by atoms with E-state index in [0.29, 0.717) is 19.8 Å². The predicted molar refractivity (Wildman–Crippen MR) is 87.0 cm³/mol. The van der Waals surface area contributed by atoms with Crippen molar-refractivity contribution in [1.29, 1.82) is 0 Å². The summed E-state index contributed by atoms with van der Waals surface area (Å²) in [5, 5.41) is 1.55. The van der Waals surface area contributed by atoms with Crippen LogP contribution in [0.2, 0.25) is 13.1 Å². The summed E-state index contributed by atoms with van der Waals surface area (Å²) in [6.45, 7) is 12.0. The second-order valence-electron chi connectivity index (χ2n) is 4.00. The van der Waals surface area contributed by atoms with E-state index < -0.39 is 8.80 Å². The zero-order chi connectivity index (χ0) is 14.6. The molecule has 110 valence electrons. The van der Waals surface area contributed by atoms with Crippen molar-refractivity contribution in [2.24, 2.45) is 0 Å². The summed E-state index contributed by atoms with van der Waals surface area (Å²) in [7, 11) is -2.16. The molecule has 0 radical (unpaired) electrons. The Morgan fingerprint density at radius 1 is 0.895 bits per heavy atom. The molecular weight excluding hydrogens is 272 g/mol. The normalized spacial score (nSPS) is 11.4. The third kappa shape index (κ3) is 9.12. The Morgan fingerprint density at radius 3 is 1.58 bits per heavy atom. The van der Waals surface area contributed by atoms with Gasteiger partial charge in [0.1, 0.15) is 0 Å². The molecule has 3 nitrogen and oxygen atoms in total. The molecule has 0 unspecified atom stereocenters. The standard InChI is InChI=1S/C7H18O3Si.C7H10Si/c1-5-8-11(4,9-6-2)10-7-3;1-8-7-5-3-2-4-6-7/h5-7H2,1-4H3;2-6H,8H2,1H3. The SMILES string of the molecule is CCO[Si](C)(OCC)OCC.C[SiH2]c1ccccc1. The van der Waals surface area contributed by atoms with Gasteiger partial charge in [-0.3, -0.25) is 0 Å². The van der Waals surface area contributed by atoms with E-state index in [-0.39, 0.29) is 9.52 Å². The lowest BCUT2D eigenvalue weighted by atomic mass is 10.4. The van der Waals surface area contributed by atoms with Gasteiger partial charge >= 0.3 is 8.80 Å². The lowest BCUT2D eigenvalue weighted by molar-refractivity contribution is 0.0783. The smallest absolute Gasteiger partial charge is 0.374 e. The molecule has 0 heterocycles. The van der Waals surface area contributed by atoms with E-state index >= 15 is 0 Å². The van der Waals surface area contributed by atoms with Crippen LogP contribution in [0.3, 0.4) is 0 Å². The fourth-order valence-corrected chi connectivity index (χ4v) is 4.19. The van der Waals surface area contributed by atoms with Crippen LogP contribution in [-0.2, 0) is 13.3 Å². The van der Waals surface area contributed by atoms with E-state index in [1.165, 1.54) is 0 Å². The molecule has 5 heteroatoms. The quantitative estimate of drug-likeness (QED) is 0.723. The van der Waals surface area contributed by atoms with E-state index in [4.69, 9.17) is 13.3 Å². The fraction of sp³-hybridized carbons (Fsp3) is 0.571. The Balaban J connectivity index is 0.000000356. The minimum Gasteiger partial charge on any atom is -0.374 e. The fourth-order valence-electron chi connectivity index (χ4n) is 1.63. The van der Waals surface area contributed by atoms with Crippen molar-refractivity contribution in [3.05, 3.63) is 30.3 Å². The van der Waals surface area contributed by atoms with Crippen LogP contribution in [-0.4, -0.2) is 38.1 Å². The Kier molecular flexibility index (Phi) is 11.1. The minimum atomic E-state index is -2.25. The maximum absolute atomic E-state index is 5.40. The molecule has 0 aliphatic carbocycles. The molecule has 1 aromatic rings. The minimum absolute atomic E-state index is 0.0913. The highest BCUT2D eigenvalue weighted by Gasteiger charge is 2.32. The Bertz CT molecular complexity index is 290. The van der Waals surface area contributed by atoms with Crippen molar-refractivity contribution in [2.45, 2.75) is 33.9 Å². The van der Waals surface area contributed by atoms with Crippen LogP contribution in [0.5, 0.6) is 0 Å². The summed E-state index contributed by atoms with van der Waals surface area (Å²) in [6.07, 6.45) is 0. The molecule has 0 bridgehead atoms. The van der Waals surface area contributed by atoms with Gasteiger partial charge < -0.3 is 13.3 Å². The van der Waals surface area contributed by atoms with Crippen LogP contribution in [0.4, 0.5) is 0 Å². The third-order valence-electron chi connectivity index (χ3n) is 2.47. The Labute approximate surface area is 121 Å². The van der Waals surface area contributed by atoms with E-state index in [9.17, 15) is 0 Å². The topological polar surface area (TPSA) is 27.7 Å². The van der Waals surface area contributed by atoms with E-state index in [0.717, 1.165) is 0 Å². The average molecular weight is 301 g/mol. The third-order valence-corrected chi connectivity index (χ3v) is 6.20. The van der Waals surface area contributed by atoms with Crippen LogP contribution in [0.25, 0.3) is 0 Å². The van der Waals surface area contributed by atoms with Crippen LogP contribution in [0.1, 0.15) is 20.8 Å². The van der Waals surface area contributed by atoms with Crippen LogP contribution < -0.4 is 5.19 Å². The van der Waals surface area contributed by atoms with Gasteiger partial charge in [0.2, 0.25) is 0 Å². The van der Waals surface area contributed by atoms with Gasteiger partial charge in [0.05, 0.1) is 9.52 Å². The van der Waals surface area contributed by atoms with Gasteiger partial charge in [0.15, 0.2) is 0 Å². The molecule has 0 saturated carbocycles. The van der Waals surface area contributed by atoms with Crippen LogP contribution >= 0.6 is 0 Å². The van der Waals surface area contributed by atoms with Crippen molar-refractivity contribution in [3.8, 4) is 0 Å². The van der Waals surface area contributed by atoms with Crippen LogP contribution in [0, 0.1) is 0 Å². The first-order chi connectivity index (χ1) is 9.11. The number of benzene rings is 1. The highest BCUT2D eigenvalue weighted by molar-refractivity contribution is 6.59. The average Bonchev–Trinajstić information content (AvgIpc) is 2.41. The summed E-state index contributed by atoms with van der Waals surface area (Å²) >= 11 is 0. The van der Waals surface area contributed by atoms with Gasteiger partial charge in [-0.1, -0.05) is 42.1 Å². The summed E-state index contributed by atoms with van der Waals surface area (Å²) in [5.41, 5.74) is 0. The van der Waals surface area contributed by atoms with Crippen molar-refractivity contribution in [1.82, 2.24) is 0 Å². The second kappa shape index (κ2) is 11.4. The molecule has 1 rings (SSSR count). The summed E-state index contributed by atoms with van der Waals surface area (Å²) < 4.78 is 16.2. The first-order valence-electron chi connectivity index (χ1n) is 7.07. The van der Waals surface area contributed by atoms with Crippen molar-refractivity contribution >= 4 is 23.5 Å². The van der Waals surface area contributed by atoms with Gasteiger partial charge in [-0.25, -0.2) is 0 Å². The number of hydrogen-bond acceptors (Lipinski definition) is 3. The monoisotopic (exact) mass is 300 g/mol. The van der Waals surface area contributed by atoms with Gasteiger partial charge in [0.25, 0.3) is 0 Å². The first-order valence-corrected chi connectivity index (χ1v) is 11.4. The molecule has 0 N–H and O–H groups in total. The molecule has 0 spiro atoms.